The molecular formula is C30H54O6. The first-order chi connectivity index (χ1) is 16.2. The molecule has 0 N–H and O–H groups in total. The highest BCUT2D eigenvalue weighted by Crippen LogP contribution is 2.56. The first kappa shape index (κ1) is 30.8. The zero-order valence-corrected chi connectivity index (χ0v) is 25.3. The summed E-state index contributed by atoms with van der Waals surface area (Å²) in [7, 11) is 0. The van der Waals surface area contributed by atoms with E-state index in [-0.39, 0.29) is 33.5 Å². The summed E-state index contributed by atoms with van der Waals surface area (Å²) >= 11 is 0. The second-order valence-electron chi connectivity index (χ2n) is 15.5. The topological polar surface area (TPSA) is 71.1 Å². The van der Waals surface area contributed by atoms with Gasteiger partial charge in [0.05, 0.1) is 0 Å². The minimum absolute atomic E-state index is 0.0597. The van der Waals surface area contributed by atoms with Gasteiger partial charge in [-0.1, -0.05) is 95.9 Å². The largest absolute Gasteiger partial charge is 0.550 e. The number of carbonyl (C=O) groups excluding carboxylic acids is 2. The zero-order valence-electron chi connectivity index (χ0n) is 25.3. The van der Waals surface area contributed by atoms with Crippen LogP contribution in [-0.2, 0) is 19.2 Å². The summed E-state index contributed by atoms with van der Waals surface area (Å²) in [5.74, 6) is 0.300. The van der Waals surface area contributed by atoms with Gasteiger partial charge in [0.25, 0.3) is 0 Å². The van der Waals surface area contributed by atoms with Crippen LogP contribution in [0.15, 0.2) is 0 Å². The van der Waals surface area contributed by atoms with Gasteiger partial charge in [-0.05, 0) is 49.4 Å². The molecule has 4 unspecified atom stereocenters. The Balaban J connectivity index is 2.19. The number of hydrogen-bond acceptors (Lipinski definition) is 6. The van der Waals surface area contributed by atoms with E-state index in [1.165, 1.54) is 0 Å². The van der Waals surface area contributed by atoms with Crippen LogP contribution in [0.1, 0.15) is 134 Å². The number of ether oxygens (including phenoxy) is 2. The van der Waals surface area contributed by atoms with E-state index < -0.39 is 23.5 Å². The van der Waals surface area contributed by atoms with Crippen molar-refractivity contribution < 1.29 is 28.8 Å². The fraction of sp³-hybridized carbons (Fsp3) is 0.933. The van der Waals surface area contributed by atoms with Crippen molar-refractivity contribution in [2.45, 2.75) is 146 Å². The Morgan fingerprint density at radius 1 is 0.556 bits per heavy atom. The van der Waals surface area contributed by atoms with E-state index in [9.17, 15) is 9.59 Å². The van der Waals surface area contributed by atoms with Gasteiger partial charge in [-0.3, -0.25) is 0 Å². The van der Waals surface area contributed by atoms with E-state index in [2.05, 4.69) is 83.1 Å². The molecular weight excluding hydrogens is 456 g/mol. The Kier molecular flexibility index (Phi) is 8.86. The van der Waals surface area contributed by atoms with Gasteiger partial charge < -0.3 is 9.47 Å². The Morgan fingerprint density at radius 2 is 0.861 bits per heavy atom. The van der Waals surface area contributed by atoms with E-state index in [1.807, 2.05) is 0 Å². The van der Waals surface area contributed by atoms with Crippen molar-refractivity contribution in [2.75, 3.05) is 0 Å². The molecule has 0 saturated heterocycles. The van der Waals surface area contributed by atoms with Gasteiger partial charge in [0, 0.05) is 22.7 Å². The van der Waals surface area contributed by atoms with Gasteiger partial charge in [0.2, 0.25) is 0 Å². The molecule has 0 heterocycles. The monoisotopic (exact) mass is 510 g/mol. The number of rotatable bonds is 2. The molecule has 0 aromatic carbocycles. The minimum Gasteiger partial charge on any atom is -0.424 e. The summed E-state index contributed by atoms with van der Waals surface area (Å²) in [6.07, 6.45) is 5.62. The molecule has 0 spiro atoms. The average molecular weight is 511 g/mol. The molecule has 0 aromatic heterocycles. The molecule has 6 nitrogen and oxygen atoms in total. The molecule has 2 fully saturated rings. The lowest BCUT2D eigenvalue weighted by Crippen LogP contribution is -2.58. The van der Waals surface area contributed by atoms with Crippen LogP contribution in [0.2, 0.25) is 0 Å². The van der Waals surface area contributed by atoms with E-state index >= 15 is 0 Å². The third-order valence-corrected chi connectivity index (χ3v) is 9.05. The van der Waals surface area contributed by atoms with Gasteiger partial charge in [0.1, 0.15) is 11.2 Å². The predicted molar refractivity (Wildman–Crippen MR) is 142 cm³/mol. The lowest BCUT2D eigenvalue weighted by Gasteiger charge is -2.55. The molecule has 210 valence electrons. The Bertz CT molecular complexity index is 709. The second-order valence-corrected chi connectivity index (χ2v) is 15.5. The summed E-state index contributed by atoms with van der Waals surface area (Å²) in [4.78, 5) is 35.9. The van der Waals surface area contributed by atoms with E-state index in [0.717, 1.165) is 51.4 Å². The molecule has 0 aromatic rings. The van der Waals surface area contributed by atoms with Gasteiger partial charge in [-0.15, -0.1) is 0 Å². The first-order valence-corrected chi connectivity index (χ1v) is 14.0. The molecule has 2 saturated carbocycles. The summed E-state index contributed by atoms with van der Waals surface area (Å²) in [6, 6.07) is 0. The molecule has 2 aliphatic rings. The molecule has 4 atom stereocenters. The second kappa shape index (κ2) is 10.4. The van der Waals surface area contributed by atoms with E-state index in [1.54, 1.807) is 0 Å². The van der Waals surface area contributed by atoms with Gasteiger partial charge in [-0.2, -0.15) is 19.4 Å². The van der Waals surface area contributed by atoms with E-state index in [4.69, 9.17) is 19.2 Å². The fourth-order valence-corrected chi connectivity index (χ4v) is 7.30. The van der Waals surface area contributed by atoms with Crippen molar-refractivity contribution in [1.82, 2.24) is 0 Å². The average Bonchev–Trinajstić information content (AvgIpc) is 2.70. The molecule has 0 radical (unpaired) electrons. The summed E-state index contributed by atoms with van der Waals surface area (Å²) in [6.45, 7) is 25.7. The van der Waals surface area contributed by atoms with Crippen LogP contribution >= 0.6 is 0 Å². The van der Waals surface area contributed by atoms with Gasteiger partial charge >= 0.3 is 12.3 Å². The zero-order chi connectivity index (χ0) is 27.8. The Labute approximate surface area is 220 Å². The molecule has 2 aliphatic carbocycles. The predicted octanol–water partition coefficient (Wildman–Crippen LogP) is 9.25. The smallest absolute Gasteiger partial charge is 0.424 e. The van der Waals surface area contributed by atoms with Crippen molar-refractivity contribution in [3.05, 3.63) is 0 Å². The Morgan fingerprint density at radius 3 is 1.11 bits per heavy atom. The fourth-order valence-electron chi connectivity index (χ4n) is 7.30. The van der Waals surface area contributed by atoms with Crippen molar-refractivity contribution in [3.8, 4) is 0 Å². The molecule has 6 heteroatoms. The minimum atomic E-state index is -0.987. The van der Waals surface area contributed by atoms with Crippen LogP contribution in [0, 0.1) is 33.5 Å². The molecule has 36 heavy (non-hydrogen) atoms. The summed E-state index contributed by atoms with van der Waals surface area (Å²) in [5, 5.41) is 0. The Hall–Kier alpha value is -1.46. The van der Waals surface area contributed by atoms with Crippen molar-refractivity contribution >= 4 is 12.3 Å². The normalized spacial score (nSPS) is 30.3. The lowest BCUT2D eigenvalue weighted by atomic mass is 9.55. The SMILES string of the molecule is CC(C)(C)C1CCCCC1(OC(=O)OOC(=O)OC1(C(C)(C)C)CCCCC1C(C)(C)C)C(C)(C)C. The van der Waals surface area contributed by atoms with Crippen molar-refractivity contribution in [2.24, 2.45) is 33.5 Å². The third-order valence-electron chi connectivity index (χ3n) is 9.05. The van der Waals surface area contributed by atoms with Gasteiger partial charge in [0.15, 0.2) is 0 Å². The molecule has 2 rings (SSSR count). The highest BCUT2D eigenvalue weighted by molar-refractivity contribution is 5.64. The van der Waals surface area contributed by atoms with Crippen LogP contribution in [0.25, 0.3) is 0 Å². The molecule has 0 amide bonds. The highest BCUT2D eigenvalue weighted by Gasteiger charge is 2.58. The quantitative estimate of drug-likeness (QED) is 0.209. The van der Waals surface area contributed by atoms with Crippen LogP contribution in [0.5, 0.6) is 0 Å². The third kappa shape index (κ3) is 6.32. The standard InChI is InChI=1S/C30H54O6/c1-25(2,3)21-17-13-15-19-29(21,27(7,8)9)33-23(31)35-36-24(32)34-30(28(10,11)12)20-16-14-18-22(30)26(4,5)6/h21-22H,13-20H2,1-12H3. The maximum absolute atomic E-state index is 13.0. The highest BCUT2D eigenvalue weighted by atomic mass is 17.3. The summed E-state index contributed by atoms with van der Waals surface area (Å²) in [5.41, 5.74) is -2.19. The van der Waals surface area contributed by atoms with Crippen LogP contribution in [0.3, 0.4) is 0 Å². The number of hydrogen-bond donors (Lipinski definition) is 0. The van der Waals surface area contributed by atoms with Crippen LogP contribution in [-0.4, -0.2) is 23.5 Å². The van der Waals surface area contributed by atoms with E-state index in [0.29, 0.717) is 0 Å². The van der Waals surface area contributed by atoms with Crippen LogP contribution in [0.4, 0.5) is 9.59 Å². The maximum Gasteiger partial charge on any atom is 0.550 e. The van der Waals surface area contributed by atoms with Crippen molar-refractivity contribution in [1.29, 1.82) is 0 Å². The van der Waals surface area contributed by atoms with Crippen LogP contribution < -0.4 is 0 Å². The maximum atomic E-state index is 13.0. The first-order valence-electron chi connectivity index (χ1n) is 14.0. The molecule has 0 aliphatic heterocycles. The van der Waals surface area contributed by atoms with Gasteiger partial charge in [-0.25, -0.2) is 0 Å². The van der Waals surface area contributed by atoms with Crippen molar-refractivity contribution in [3.63, 3.8) is 0 Å². The lowest BCUT2D eigenvalue weighted by molar-refractivity contribution is -0.267. The summed E-state index contributed by atoms with van der Waals surface area (Å²) < 4.78 is 12.2. The number of carbonyl (C=O) groups is 2. The molecule has 0 bridgehead atoms.